The van der Waals surface area contributed by atoms with Gasteiger partial charge in [-0.25, -0.2) is 0 Å². The summed E-state index contributed by atoms with van der Waals surface area (Å²) in [6, 6.07) is 4.88. The number of ether oxygens (including phenoxy) is 1. The second-order valence-electron chi connectivity index (χ2n) is 6.17. The molecule has 1 atom stereocenters. The van der Waals surface area contributed by atoms with Gasteiger partial charge in [0.1, 0.15) is 5.75 Å². The SMILES string of the molecule is CCOc1cc(Cl)ccc1C(=O)N1CCC(C(=O)O)(C(C)C)C1. The van der Waals surface area contributed by atoms with Crippen molar-refractivity contribution >= 4 is 23.5 Å². The van der Waals surface area contributed by atoms with E-state index in [0.717, 1.165) is 0 Å². The number of carboxylic acid groups (broad SMARTS) is 1. The number of hydrogen-bond acceptors (Lipinski definition) is 3. The Labute approximate surface area is 141 Å². The van der Waals surface area contributed by atoms with Crippen LogP contribution in [0.5, 0.6) is 5.75 Å². The van der Waals surface area contributed by atoms with Gasteiger partial charge in [0.15, 0.2) is 0 Å². The molecule has 23 heavy (non-hydrogen) atoms. The van der Waals surface area contributed by atoms with Crippen LogP contribution in [0, 0.1) is 11.3 Å². The summed E-state index contributed by atoms with van der Waals surface area (Å²) in [5.41, 5.74) is -0.463. The molecule has 0 aliphatic carbocycles. The monoisotopic (exact) mass is 339 g/mol. The molecule has 1 unspecified atom stereocenters. The summed E-state index contributed by atoms with van der Waals surface area (Å²) in [6.07, 6.45) is 0.462. The third kappa shape index (κ3) is 3.29. The number of aliphatic carboxylic acids is 1. The summed E-state index contributed by atoms with van der Waals surface area (Å²) in [6.45, 7) is 6.67. The van der Waals surface area contributed by atoms with Gasteiger partial charge in [-0.05, 0) is 37.5 Å². The number of nitrogens with zero attached hydrogens (tertiary/aromatic N) is 1. The molecule has 0 bridgehead atoms. The molecule has 1 aliphatic rings. The predicted octanol–water partition coefficient (Wildman–Crippen LogP) is 3.31. The van der Waals surface area contributed by atoms with Crippen molar-refractivity contribution in [3.63, 3.8) is 0 Å². The second-order valence-corrected chi connectivity index (χ2v) is 6.60. The normalized spacial score (nSPS) is 20.8. The average Bonchev–Trinajstić information content (AvgIpc) is 2.94. The molecular weight excluding hydrogens is 318 g/mol. The highest BCUT2D eigenvalue weighted by molar-refractivity contribution is 6.30. The first kappa shape index (κ1) is 17.6. The number of carbonyl (C=O) groups is 2. The van der Waals surface area contributed by atoms with Crippen LogP contribution in [0.4, 0.5) is 0 Å². The van der Waals surface area contributed by atoms with Crippen LogP contribution in [0.1, 0.15) is 37.6 Å². The van der Waals surface area contributed by atoms with Crippen molar-refractivity contribution in [1.82, 2.24) is 4.90 Å². The zero-order valence-electron chi connectivity index (χ0n) is 13.6. The third-order valence-corrected chi connectivity index (χ3v) is 4.83. The lowest BCUT2D eigenvalue weighted by molar-refractivity contribution is -0.150. The van der Waals surface area contributed by atoms with Gasteiger partial charge in [0.25, 0.3) is 5.91 Å². The molecule has 1 amide bonds. The van der Waals surface area contributed by atoms with E-state index in [9.17, 15) is 14.7 Å². The number of carboxylic acids is 1. The molecule has 0 radical (unpaired) electrons. The maximum atomic E-state index is 12.8. The molecule has 0 saturated carbocycles. The van der Waals surface area contributed by atoms with E-state index in [4.69, 9.17) is 16.3 Å². The fraction of sp³-hybridized carbons (Fsp3) is 0.529. The molecule has 1 aromatic rings. The van der Waals surface area contributed by atoms with E-state index in [1.807, 2.05) is 20.8 Å². The molecule has 1 heterocycles. The van der Waals surface area contributed by atoms with E-state index >= 15 is 0 Å². The number of benzene rings is 1. The first-order valence-electron chi connectivity index (χ1n) is 7.77. The van der Waals surface area contributed by atoms with Crippen LogP contribution < -0.4 is 4.74 Å². The maximum absolute atomic E-state index is 12.8. The van der Waals surface area contributed by atoms with Crippen LogP contribution in [-0.4, -0.2) is 41.6 Å². The molecule has 126 valence electrons. The van der Waals surface area contributed by atoms with Crippen LogP contribution in [0.15, 0.2) is 18.2 Å². The van der Waals surface area contributed by atoms with Crippen LogP contribution in [0.25, 0.3) is 0 Å². The largest absolute Gasteiger partial charge is 0.493 e. The van der Waals surface area contributed by atoms with Crippen molar-refractivity contribution < 1.29 is 19.4 Å². The molecule has 1 saturated heterocycles. The van der Waals surface area contributed by atoms with Crippen LogP contribution in [0.3, 0.4) is 0 Å². The zero-order valence-corrected chi connectivity index (χ0v) is 14.4. The van der Waals surface area contributed by atoms with Gasteiger partial charge in [-0.3, -0.25) is 9.59 Å². The highest BCUT2D eigenvalue weighted by atomic mass is 35.5. The van der Waals surface area contributed by atoms with Crippen molar-refractivity contribution in [2.45, 2.75) is 27.2 Å². The quantitative estimate of drug-likeness (QED) is 0.893. The predicted molar refractivity (Wildman–Crippen MR) is 88.0 cm³/mol. The van der Waals surface area contributed by atoms with Gasteiger partial charge < -0.3 is 14.7 Å². The molecule has 1 N–H and O–H groups in total. The summed E-state index contributed by atoms with van der Waals surface area (Å²) in [5.74, 6) is -0.672. The summed E-state index contributed by atoms with van der Waals surface area (Å²) in [7, 11) is 0. The van der Waals surface area contributed by atoms with E-state index in [1.54, 1.807) is 23.1 Å². The minimum absolute atomic E-state index is 0.0469. The lowest BCUT2D eigenvalue weighted by Gasteiger charge is -2.28. The molecule has 0 spiro atoms. The first-order valence-corrected chi connectivity index (χ1v) is 8.14. The fourth-order valence-corrected chi connectivity index (χ4v) is 3.18. The van der Waals surface area contributed by atoms with E-state index < -0.39 is 11.4 Å². The Balaban J connectivity index is 2.27. The van der Waals surface area contributed by atoms with Gasteiger partial charge >= 0.3 is 5.97 Å². The van der Waals surface area contributed by atoms with E-state index in [-0.39, 0.29) is 18.4 Å². The molecule has 5 nitrogen and oxygen atoms in total. The topological polar surface area (TPSA) is 66.8 Å². The smallest absolute Gasteiger partial charge is 0.311 e. The molecule has 1 aliphatic heterocycles. The van der Waals surface area contributed by atoms with E-state index in [0.29, 0.717) is 35.9 Å². The third-order valence-electron chi connectivity index (χ3n) is 4.59. The number of rotatable bonds is 5. The Morgan fingerprint density at radius 1 is 1.43 bits per heavy atom. The van der Waals surface area contributed by atoms with E-state index in [2.05, 4.69) is 0 Å². The lowest BCUT2D eigenvalue weighted by atomic mass is 9.76. The number of likely N-dealkylation sites (tertiary alicyclic amines) is 1. The summed E-state index contributed by atoms with van der Waals surface area (Å²) in [5, 5.41) is 10.1. The van der Waals surface area contributed by atoms with Gasteiger partial charge in [0.05, 0.1) is 17.6 Å². The number of hydrogen-bond donors (Lipinski definition) is 1. The molecule has 0 aromatic heterocycles. The number of carbonyl (C=O) groups excluding carboxylic acids is 1. The molecule has 6 heteroatoms. The number of amides is 1. The fourth-order valence-electron chi connectivity index (χ4n) is 3.02. The average molecular weight is 340 g/mol. The molecular formula is C17H22ClNO4. The van der Waals surface area contributed by atoms with Crippen molar-refractivity contribution in [3.05, 3.63) is 28.8 Å². The Hall–Kier alpha value is -1.75. The molecule has 1 fully saturated rings. The Bertz CT molecular complexity index is 617. The van der Waals surface area contributed by atoms with Gasteiger partial charge in [-0.2, -0.15) is 0 Å². The molecule has 1 aromatic carbocycles. The van der Waals surface area contributed by atoms with Gasteiger partial charge in [-0.1, -0.05) is 25.4 Å². The summed E-state index contributed by atoms with van der Waals surface area (Å²) < 4.78 is 5.50. The Morgan fingerprint density at radius 3 is 2.65 bits per heavy atom. The Kier molecular flexibility index (Phi) is 5.19. The van der Waals surface area contributed by atoms with Crippen molar-refractivity contribution in [3.8, 4) is 5.75 Å². The van der Waals surface area contributed by atoms with Gasteiger partial charge in [0.2, 0.25) is 0 Å². The highest BCUT2D eigenvalue weighted by Crippen LogP contribution is 2.39. The zero-order chi connectivity index (χ0) is 17.2. The van der Waals surface area contributed by atoms with Crippen LogP contribution >= 0.6 is 11.6 Å². The Morgan fingerprint density at radius 2 is 2.13 bits per heavy atom. The minimum atomic E-state index is -0.881. The van der Waals surface area contributed by atoms with Crippen molar-refractivity contribution in [2.75, 3.05) is 19.7 Å². The highest BCUT2D eigenvalue weighted by Gasteiger charge is 2.48. The molecule has 2 rings (SSSR count). The lowest BCUT2D eigenvalue weighted by Crippen LogP contribution is -2.40. The van der Waals surface area contributed by atoms with E-state index in [1.165, 1.54) is 0 Å². The van der Waals surface area contributed by atoms with Crippen molar-refractivity contribution in [1.29, 1.82) is 0 Å². The van der Waals surface area contributed by atoms with Gasteiger partial charge in [0, 0.05) is 18.1 Å². The van der Waals surface area contributed by atoms with Gasteiger partial charge in [-0.15, -0.1) is 0 Å². The first-order chi connectivity index (χ1) is 10.8. The summed E-state index contributed by atoms with van der Waals surface area (Å²) >= 11 is 5.96. The number of halogens is 1. The van der Waals surface area contributed by atoms with Crippen molar-refractivity contribution in [2.24, 2.45) is 11.3 Å². The van der Waals surface area contributed by atoms with Crippen LogP contribution in [0.2, 0.25) is 5.02 Å². The van der Waals surface area contributed by atoms with Crippen LogP contribution in [-0.2, 0) is 4.79 Å². The minimum Gasteiger partial charge on any atom is -0.493 e. The standard InChI is InChI=1S/C17H22ClNO4/c1-4-23-14-9-12(18)5-6-13(14)15(20)19-8-7-17(10-19,11(2)3)16(21)22/h5-6,9,11H,4,7-8,10H2,1-3H3,(H,21,22). The second kappa shape index (κ2) is 6.79. The maximum Gasteiger partial charge on any atom is 0.311 e. The summed E-state index contributed by atoms with van der Waals surface area (Å²) in [4.78, 5) is 26.1.